The number of nitrogens with zero attached hydrogens (tertiary/aromatic N) is 3. The Morgan fingerprint density at radius 2 is 1.69 bits per heavy atom. The molecule has 3 aromatic rings. The van der Waals surface area contributed by atoms with Gasteiger partial charge in [0.15, 0.2) is 0 Å². The van der Waals surface area contributed by atoms with Gasteiger partial charge >= 0.3 is 12.2 Å². The van der Waals surface area contributed by atoms with Gasteiger partial charge in [0, 0.05) is 38.1 Å². The number of halogens is 4. The number of carbonyl (C=O) groups is 2. The number of urea groups is 1. The van der Waals surface area contributed by atoms with E-state index in [4.69, 9.17) is 0 Å². The lowest BCUT2D eigenvalue weighted by Gasteiger charge is -2.36. The Hall–Kier alpha value is -3.95. The highest BCUT2D eigenvalue weighted by atomic mass is 19.4. The predicted octanol–water partition coefficient (Wildman–Crippen LogP) is 5.68. The number of carbonyl (C=O) groups excluding carboxylic acids is 2. The first kappa shape index (κ1) is 25.2. The van der Waals surface area contributed by atoms with Crippen LogP contribution in [0, 0.1) is 5.82 Å². The summed E-state index contributed by atoms with van der Waals surface area (Å²) < 4.78 is 51.5. The molecular weight excluding hydrogens is 476 g/mol. The van der Waals surface area contributed by atoms with E-state index >= 15 is 0 Å². The predicted molar refractivity (Wildman–Crippen MR) is 127 cm³/mol. The third-order valence-electron chi connectivity index (χ3n) is 6.21. The molecular formula is C26H24F4N4O2. The smallest absolute Gasteiger partial charge is 0.338 e. The first-order chi connectivity index (χ1) is 17.1. The minimum atomic E-state index is -4.56. The van der Waals surface area contributed by atoms with Crippen molar-refractivity contribution in [3.63, 3.8) is 0 Å². The van der Waals surface area contributed by atoms with Crippen molar-refractivity contribution in [1.29, 1.82) is 0 Å². The molecule has 0 saturated carbocycles. The van der Waals surface area contributed by atoms with Crippen LogP contribution in [0.25, 0.3) is 11.1 Å². The molecule has 1 N–H and O–H groups in total. The molecule has 0 aliphatic carbocycles. The molecule has 2 aromatic carbocycles. The van der Waals surface area contributed by atoms with Gasteiger partial charge in [-0.3, -0.25) is 9.78 Å². The van der Waals surface area contributed by atoms with E-state index in [1.807, 2.05) is 0 Å². The number of rotatable bonds is 4. The normalized spacial score (nSPS) is 14.4. The fourth-order valence-corrected chi connectivity index (χ4v) is 4.12. The van der Waals surface area contributed by atoms with Gasteiger partial charge in [0.05, 0.1) is 5.56 Å². The van der Waals surface area contributed by atoms with Crippen molar-refractivity contribution in [2.24, 2.45) is 0 Å². The highest BCUT2D eigenvalue weighted by molar-refractivity contribution is 5.94. The third kappa shape index (κ3) is 5.81. The number of aromatic nitrogens is 1. The maximum atomic E-state index is 13.5. The van der Waals surface area contributed by atoms with Gasteiger partial charge in [-0.2, -0.15) is 13.2 Å². The topological polar surface area (TPSA) is 65.5 Å². The number of amides is 3. The lowest BCUT2D eigenvalue weighted by Crippen LogP contribution is -2.48. The molecule has 1 aliphatic rings. The second-order valence-electron chi connectivity index (χ2n) is 8.58. The Kier molecular flexibility index (Phi) is 7.23. The molecule has 6 nitrogen and oxygen atoms in total. The van der Waals surface area contributed by atoms with Crippen LogP contribution in [0.4, 0.5) is 28.0 Å². The summed E-state index contributed by atoms with van der Waals surface area (Å²) in [6, 6.07) is 14.8. The molecule has 1 saturated heterocycles. The summed E-state index contributed by atoms with van der Waals surface area (Å²) >= 11 is 0. The fourth-order valence-electron chi connectivity index (χ4n) is 4.12. The number of nitrogens with one attached hydrogen (secondary N) is 1. The van der Waals surface area contributed by atoms with E-state index in [1.54, 1.807) is 53.2 Å². The summed E-state index contributed by atoms with van der Waals surface area (Å²) in [6.45, 7) is 0.731. The van der Waals surface area contributed by atoms with Gasteiger partial charge in [-0.05, 0) is 60.4 Å². The van der Waals surface area contributed by atoms with Crippen LogP contribution in [0.1, 0.15) is 28.9 Å². The van der Waals surface area contributed by atoms with E-state index in [2.05, 4.69) is 10.3 Å². The zero-order chi connectivity index (χ0) is 25.9. The van der Waals surface area contributed by atoms with Gasteiger partial charge in [0.2, 0.25) is 0 Å². The van der Waals surface area contributed by atoms with E-state index in [0.717, 1.165) is 29.5 Å². The van der Waals surface area contributed by atoms with Crippen LogP contribution < -0.4 is 5.32 Å². The van der Waals surface area contributed by atoms with E-state index in [-0.39, 0.29) is 29.4 Å². The number of likely N-dealkylation sites (tertiary alicyclic amines) is 1. The third-order valence-corrected chi connectivity index (χ3v) is 6.21. The summed E-state index contributed by atoms with van der Waals surface area (Å²) in [4.78, 5) is 31.9. The Balaban J connectivity index is 1.30. The van der Waals surface area contributed by atoms with Crippen LogP contribution in [-0.2, 0) is 6.18 Å². The Morgan fingerprint density at radius 3 is 2.28 bits per heavy atom. The molecule has 4 rings (SSSR count). The Labute approximate surface area is 205 Å². The largest absolute Gasteiger partial charge is 0.433 e. The number of benzene rings is 2. The standard InChI is InChI=1S/C26H24F4N4O2/c1-33(25(36)32-21-8-5-17(6-9-21)18-3-2-4-20(27)15-18)22-11-13-34(14-12-22)24(35)19-7-10-23(31-16-19)26(28,29)30/h2-10,15-16,22H,11-14H2,1H3,(H,32,36). The molecule has 0 atom stereocenters. The van der Waals surface area contributed by atoms with Gasteiger partial charge in [0.1, 0.15) is 11.5 Å². The van der Waals surface area contributed by atoms with Crippen molar-refractivity contribution >= 4 is 17.6 Å². The highest BCUT2D eigenvalue weighted by Gasteiger charge is 2.33. The van der Waals surface area contributed by atoms with E-state index in [1.165, 1.54) is 12.1 Å². The summed E-state index contributed by atoms with van der Waals surface area (Å²) in [5.41, 5.74) is 1.19. The fraction of sp³-hybridized carbons (Fsp3) is 0.269. The number of piperidine rings is 1. The summed E-state index contributed by atoms with van der Waals surface area (Å²) in [7, 11) is 1.68. The minimum Gasteiger partial charge on any atom is -0.338 e. The zero-order valence-electron chi connectivity index (χ0n) is 19.4. The Morgan fingerprint density at radius 1 is 1.00 bits per heavy atom. The number of hydrogen-bond acceptors (Lipinski definition) is 3. The van der Waals surface area contributed by atoms with Crippen molar-refractivity contribution in [2.75, 3.05) is 25.5 Å². The monoisotopic (exact) mass is 500 g/mol. The van der Waals surface area contributed by atoms with Crippen LogP contribution in [-0.4, -0.2) is 52.9 Å². The molecule has 0 radical (unpaired) electrons. The van der Waals surface area contributed by atoms with Gasteiger partial charge in [0.25, 0.3) is 5.91 Å². The van der Waals surface area contributed by atoms with Gasteiger partial charge < -0.3 is 15.1 Å². The van der Waals surface area contributed by atoms with Crippen molar-refractivity contribution in [2.45, 2.75) is 25.1 Å². The van der Waals surface area contributed by atoms with Crippen molar-refractivity contribution < 1.29 is 27.2 Å². The molecule has 1 fully saturated rings. The van der Waals surface area contributed by atoms with Gasteiger partial charge in [-0.15, -0.1) is 0 Å². The summed E-state index contributed by atoms with van der Waals surface area (Å²) in [5.74, 6) is -0.713. The first-order valence-corrected chi connectivity index (χ1v) is 11.3. The lowest BCUT2D eigenvalue weighted by atomic mass is 10.0. The average Bonchev–Trinajstić information content (AvgIpc) is 2.88. The van der Waals surface area contributed by atoms with Gasteiger partial charge in [-0.1, -0.05) is 24.3 Å². The van der Waals surface area contributed by atoms with Crippen LogP contribution >= 0.6 is 0 Å². The lowest BCUT2D eigenvalue weighted by molar-refractivity contribution is -0.141. The van der Waals surface area contributed by atoms with Gasteiger partial charge in [-0.25, -0.2) is 9.18 Å². The second-order valence-corrected chi connectivity index (χ2v) is 8.58. The second kappa shape index (κ2) is 10.3. The van der Waals surface area contributed by atoms with Crippen LogP contribution in [0.2, 0.25) is 0 Å². The molecule has 0 bridgehead atoms. The van der Waals surface area contributed by atoms with Crippen molar-refractivity contribution in [3.8, 4) is 11.1 Å². The first-order valence-electron chi connectivity index (χ1n) is 11.3. The molecule has 0 unspecified atom stereocenters. The number of hydrogen-bond donors (Lipinski definition) is 1. The molecule has 1 aliphatic heterocycles. The zero-order valence-corrected chi connectivity index (χ0v) is 19.4. The van der Waals surface area contributed by atoms with Crippen LogP contribution in [0.5, 0.6) is 0 Å². The van der Waals surface area contributed by atoms with Crippen LogP contribution in [0.3, 0.4) is 0 Å². The molecule has 36 heavy (non-hydrogen) atoms. The summed E-state index contributed by atoms with van der Waals surface area (Å²) in [5, 5.41) is 2.84. The van der Waals surface area contributed by atoms with E-state index in [9.17, 15) is 27.2 Å². The quantitative estimate of drug-likeness (QED) is 0.469. The number of anilines is 1. The van der Waals surface area contributed by atoms with E-state index in [0.29, 0.717) is 31.6 Å². The maximum absolute atomic E-state index is 13.5. The molecule has 10 heteroatoms. The van der Waals surface area contributed by atoms with Crippen molar-refractivity contribution in [3.05, 3.63) is 83.9 Å². The molecule has 1 aromatic heterocycles. The number of pyridine rings is 1. The maximum Gasteiger partial charge on any atom is 0.433 e. The number of alkyl halides is 3. The SMILES string of the molecule is CN(C(=O)Nc1ccc(-c2cccc(F)c2)cc1)C1CCN(C(=O)c2ccc(C(F)(F)F)nc2)CC1. The summed E-state index contributed by atoms with van der Waals surface area (Å²) in [6.07, 6.45) is -2.56. The minimum absolute atomic E-state index is 0.0919. The molecule has 3 amide bonds. The average molecular weight is 500 g/mol. The van der Waals surface area contributed by atoms with E-state index < -0.39 is 11.9 Å². The van der Waals surface area contributed by atoms with Crippen molar-refractivity contribution in [1.82, 2.24) is 14.8 Å². The molecule has 0 spiro atoms. The molecule has 188 valence electrons. The highest BCUT2D eigenvalue weighted by Crippen LogP contribution is 2.28. The Bertz CT molecular complexity index is 1220. The van der Waals surface area contributed by atoms with Crippen LogP contribution in [0.15, 0.2) is 66.9 Å². The molecule has 2 heterocycles.